The quantitative estimate of drug-likeness (QED) is 0.808. The Morgan fingerprint density at radius 1 is 1.21 bits per heavy atom. The number of rotatable bonds is 4. The highest BCUT2D eigenvalue weighted by Crippen LogP contribution is 2.38. The summed E-state index contributed by atoms with van der Waals surface area (Å²) in [4.78, 5) is 37.5. The minimum absolute atomic E-state index is 0.195. The van der Waals surface area contributed by atoms with Crippen LogP contribution in [0.2, 0.25) is 0 Å². The summed E-state index contributed by atoms with van der Waals surface area (Å²) >= 11 is 0. The maximum Gasteiger partial charge on any atom is 0.328 e. The molecule has 0 spiro atoms. The molecule has 1 aromatic carbocycles. The molecule has 3 aliphatic rings. The van der Waals surface area contributed by atoms with Crippen LogP contribution < -0.4 is 10.6 Å². The number of nitrogens with two attached hydrogens (primary N) is 1. The lowest BCUT2D eigenvalue weighted by Gasteiger charge is -2.40. The molecule has 3 heterocycles. The van der Waals surface area contributed by atoms with Crippen molar-refractivity contribution in [2.45, 2.75) is 39.4 Å². The highest BCUT2D eigenvalue weighted by Gasteiger charge is 2.54. The number of likely N-dealkylation sites (N-methyl/N-ethyl adjacent to an activating group) is 1. The van der Waals surface area contributed by atoms with Gasteiger partial charge in [0.25, 0.3) is 5.91 Å². The van der Waals surface area contributed by atoms with E-state index in [-0.39, 0.29) is 11.9 Å². The maximum absolute atomic E-state index is 13.2. The van der Waals surface area contributed by atoms with Gasteiger partial charge < -0.3 is 15.5 Å². The molecule has 2 atom stereocenters. The van der Waals surface area contributed by atoms with Gasteiger partial charge in [-0.15, -0.1) is 0 Å². The number of nitrogen functional groups attached to an aromatic ring is 1. The third-order valence-electron chi connectivity index (χ3n) is 5.50. The Kier molecular flexibility index (Phi) is 4.28. The minimum Gasteiger partial charge on any atom is -0.397 e. The van der Waals surface area contributed by atoms with Crippen molar-refractivity contribution in [3.8, 4) is 0 Å². The van der Waals surface area contributed by atoms with E-state index in [0.29, 0.717) is 24.1 Å². The number of aliphatic imine (C=N–C) groups is 1. The van der Waals surface area contributed by atoms with E-state index in [1.807, 2.05) is 47.2 Å². The van der Waals surface area contributed by atoms with Crippen molar-refractivity contribution in [1.29, 1.82) is 0 Å². The van der Waals surface area contributed by atoms with Gasteiger partial charge >= 0.3 is 6.03 Å². The number of benzene rings is 1. The Balaban J connectivity index is 1.68. The van der Waals surface area contributed by atoms with Gasteiger partial charge in [0.2, 0.25) is 5.96 Å². The molecular weight excluding hydrogens is 356 g/mol. The number of para-hydroxylation sites is 2. The second kappa shape index (κ2) is 6.54. The standard InChI is InChI=1S/C20H26N6O2/c1-12(2)9-10-24-18(27)16-17(23(4)20(24)28)22-19-25(16)11-13(3)26(19)15-8-6-5-7-14(15)21/h5-8,11-12,16-17H,9-10,21H2,1-4H3. The first-order chi connectivity index (χ1) is 13.3. The number of nitrogens with zero attached hydrogens (tertiary/aromatic N) is 5. The summed E-state index contributed by atoms with van der Waals surface area (Å²) in [5.41, 5.74) is 8.55. The molecule has 3 aliphatic heterocycles. The lowest BCUT2D eigenvalue weighted by Crippen LogP contribution is -2.64. The molecule has 0 saturated carbocycles. The third-order valence-corrected chi connectivity index (χ3v) is 5.50. The van der Waals surface area contributed by atoms with Gasteiger partial charge in [0.1, 0.15) is 0 Å². The molecule has 1 aromatic rings. The molecular formula is C20H26N6O2. The van der Waals surface area contributed by atoms with E-state index in [1.54, 1.807) is 11.9 Å². The number of amides is 3. The topological polar surface area (TPSA) is 85.5 Å². The van der Waals surface area contributed by atoms with Gasteiger partial charge in [-0.25, -0.2) is 9.79 Å². The Bertz CT molecular complexity index is 892. The molecule has 28 heavy (non-hydrogen) atoms. The van der Waals surface area contributed by atoms with Crippen molar-refractivity contribution < 1.29 is 9.59 Å². The predicted octanol–water partition coefficient (Wildman–Crippen LogP) is 2.26. The molecule has 8 heteroatoms. The number of hydrogen-bond donors (Lipinski definition) is 1. The molecule has 0 aromatic heterocycles. The van der Waals surface area contributed by atoms with Gasteiger partial charge in [-0.05, 0) is 31.4 Å². The first-order valence-corrected chi connectivity index (χ1v) is 9.58. The number of carbonyl (C=O) groups excluding carboxylic acids is 2. The van der Waals surface area contributed by atoms with Crippen molar-refractivity contribution in [3.63, 3.8) is 0 Å². The average Bonchev–Trinajstić information content (AvgIpc) is 3.15. The van der Waals surface area contributed by atoms with Crippen molar-refractivity contribution in [1.82, 2.24) is 14.7 Å². The summed E-state index contributed by atoms with van der Waals surface area (Å²) in [6.07, 6.45) is 2.15. The van der Waals surface area contributed by atoms with E-state index >= 15 is 0 Å². The van der Waals surface area contributed by atoms with E-state index in [0.717, 1.165) is 17.8 Å². The van der Waals surface area contributed by atoms with E-state index in [9.17, 15) is 9.59 Å². The van der Waals surface area contributed by atoms with Crippen LogP contribution in [0.15, 0.2) is 41.2 Å². The zero-order valence-corrected chi connectivity index (χ0v) is 16.7. The summed E-state index contributed by atoms with van der Waals surface area (Å²) in [5.74, 6) is 0.841. The van der Waals surface area contributed by atoms with Crippen LogP contribution in [0.25, 0.3) is 0 Å². The molecule has 0 aliphatic carbocycles. The Hall–Kier alpha value is -3.03. The van der Waals surface area contributed by atoms with Crippen LogP contribution in [-0.2, 0) is 4.79 Å². The van der Waals surface area contributed by atoms with E-state index in [1.165, 1.54) is 4.90 Å². The Labute approximate surface area is 164 Å². The fraction of sp³-hybridized carbons (Fsp3) is 0.450. The smallest absolute Gasteiger partial charge is 0.328 e. The van der Waals surface area contributed by atoms with Crippen LogP contribution >= 0.6 is 0 Å². The van der Waals surface area contributed by atoms with Gasteiger partial charge in [0.05, 0.1) is 11.4 Å². The lowest BCUT2D eigenvalue weighted by atomic mass is 10.1. The summed E-state index contributed by atoms with van der Waals surface area (Å²) < 4.78 is 0. The minimum atomic E-state index is -0.547. The molecule has 2 unspecified atom stereocenters. The van der Waals surface area contributed by atoms with Crippen molar-refractivity contribution in [2.75, 3.05) is 24.2 Å². The van der Waals surface area contributed by atoms with Gasteiger partial charge in [-0.2, -0.15) is 0 Å². The van der Waals surface area contributed by atoms with Gasteiger partial charge in [-0.3, -0.25) is 14.6 Å². The van der Waals surface area contributed by atoms with Gasteiger partial charge in [0, 0.05) is 25.5 Å². The Morgan fingerprint density at radius 2 is 1.93 bits per heavy atom. The van der Waals surface area contributed by atoms with Crippen molar-refractivity contribution in [3.05, 3.63) is 36.2 Å². The molecule has 0 radical (unpaired) electrons. The largest absolute Gasteiger partial charge is 0.397 e. The number of allylic oxidation sites excluding steroid dienone is 1. The summed E-state index contributed by atoms with van der Waals surface area (Å²) in [7, 11) is 1.71. The van der Waals surface area contributed by atoms with E-state index in [2.05, 4.69) is 13.8 Å². The molecule has 3 amide bonds. The van der Waals surface area contributed by atoms with Crippen LogP contribution in [0.4, 0.5) is 16.2 Å². The van der Waals surface area contributed by atoms with Crippen molar-refractivity contribution >= 4 is 29.3 Å². The highest BCUT2D eigenvalue weighted by atomic mass is 16.2. The molecule has 0 bridgehead atoms. The normalized spacial score (nSPS) is 24.0. The molecule has 4 rings (SSSR count). The molecule has 8 nitrogen and oxygen atoms in total. The number of fused-ring (bicyclic) bond motifs is 3. The first kappa shape index (κ1) is 18.3. The fourth-order valence-corrected chi connectivity index (χ4v) is 3.94. The number of imide groups is 1. The van der Waals surface area contributed by atoms with E-state index < -0.39 is 12.2 Å². The second-order valence-corrected chi connectivity index (χ2v) is 7.93. The lowest BCUT2D eigenvalue weighted by molar-refractivity contribution is -0.136. The predicted molar refractivity (Wildman–Crippen MR) is 108 cm³/mol. The maximum atomic E-state index is 13.2. The fourth-order valence-electron chi connectivity index (χ4n) is 3.94. The molecule has 148 valence electrons. The number of carbonyl (C=O) groups is 2. The Morgan fingerprint density at radius 3 is 2.61 bits per heavy atom. The monoisotopic (exact) mass is 382 g/mol. The molecule has 1 saturated heterocycles. The van der Waals surface area contributed by atoms with Crippen LogP contribution in [-0.4, -0.2) is 58.4 Å². The van der Waals surface area contributed by atoms with Crippen LogP contribution in [0.5, 0.6) is 0 Å². The SMILES string of the molecule is CC1=CN2C(=NC3C2C(=O)N(CCC(C)C)C(=O)N3C)N1c1ccccc1N. The zero-order chi connectivity index (χ0) is 20.2. The van der Waals surface area contributed by atoms with Gasteiger partial charge in [-0.1, -0.05) is 26.0 Å². The number of anilines is 2. The van der Waals surface area contributed by atoms with Gasteiger partial charge in [0.15, 0.2) is 12.2 Å². The second-order valence-electron chi connectivity index (χ2n) is 7.93. The highest BCUT2D eigenvalue weighted by molar-refractivity contribution is 6.10. The number of hydrogen-bond acceptors (Lipinski definition) is 6. The van der Waals surface area contributed by atoms with Crippen LogP contribution in [0, 0.1) is 5.92 Å². The molecule has 1 fully saturated rings. The van der Waals surface area contributed by atoms with Crippen molar-refractivity contribution in [2.24, 2.45) is 10.9 Å². The summed E-state index contributed by atoms with van der Waals surface area (Å²) in [6.45, 7) is 6.54. The number of guanidine groups is 1. The zero-order valence-electron chi connectivity index (χ0n) is 16.7. The number of urea groups is 1. The summed E-state index contributed by atoms with van der Waals surface area (Å²) in [6, 6.07) is 6.72. The molecule has 2 N–H and O–H groups in total. The van der Waals surface area contributed by atoms with Crippen LogP contribution in [0.1, 0.15) is 27.2 Å². The third kappa shape index (κ3) is 2.63. The summed E-state index contributed by atoms with van der Waals surface area (Å²) in [5, 5.41) is 0. The average molecular weight is 382 g/mol. The van der Waals surface area contributed by atoms with Crippen LogP contribution in [0.3, 0.4) is 0 Å². The van der Waals surface area contributed by atoms with E-state index in [4.69, 9.17) is 10.7 Å². The first-order valence-electron chi connectivity index (χ1n) is 9.58.